The van der Waals surface area contributed by atoms with E-state index in [1.54, 1.807) is 36.8 Å². The predicted molar refractivity (Wildman–Crippen MR) is 120 cm³/mol. The normalized spacial score (nSPS) is 11.4. The van der Waals surface area contributed by atoms with Crippen molar-refractivity contribution in [1.82, 2.24) is 4.57 Å². The molecule has 0 spiro atoms. The van der Waals surface area contributed by atoms with Crippen molar-refractivity contribution in [3.8, 4) is 5.75 Å². The Morgan fingerprint density at radius 1 is 1.09 bits per heavy atom. The number of hydrogen-bond acceptors (Lipinski definition) is 7. The Morgan fingerprint density at radius 3 is 2.53 bits per heavy atom. The fourth-order valence-electron chi connectivity index (χ4n) is 3.22. The van der Waals surface area contributed by atoms with Crippen LogP contribution in [0.3, 0.4) is 0 Å². The molecule has 9 heteroatoms. The Hall–Kier alpha value is -3.46. The maximum Gasteiger partial charge on any atom is 0.338 e. The van der Waals surface area contributed by atoms with Crippen LogP contribution in [0.15, 0.2) is 41.4 Å². The summed E-state index contributed by atoms with van der Waals surface area (Å²) in [5, 5.41) is 0. The van der Waals surface area contributed by atoms with Gasteiger partial charge in [0.2, 0.25) is 0 Å². The SMILES string of the molecule is CCOC(=O)c1ccc2c(c1)sc(=NC(=O)Cc1ccc(OC)c(C)c1)n2CC(=O)OC. The van der Waals surface area contributed by atoms with E-state index in [9.17, 15) is 14.4 Å². The number of thiazole rings is 1. The Bertz CT molecular complexity index is 1240. The molecule has 0 atom stereocenters. The molecule has 1 aromatic heterocycles. The molecule has 0 aliphatic rings. The summed E-state index contributed by atoms with van der Waals surface area (Å²) in [7, 11) is 2.89. The molecule has 0 aliphatic carbocycles. The van der Waals surface area contributed by atoms with Crippen LogP contribution < -0.4 is 9.54 Å². The van der Waals surface area contributed by atoms with Gasteiger partial charge < -0.3 is 18.8 Å². The first-order valence-corrected chi connectivity index (χ1v) is 10.8. The van der Waals surface area contributed by atoms with Gasteiger partial charge in [-0.05, 0) is 49.2 Å². The number of aryl methyl sites for hydroxylation is 1. The third kappa shape index (κ3) is 5.23. The smallest absolute Gasteiger partial charge is 0.338 e. The van der Waals surface area contributed by atoms with Crippen molar-refractivity contribution in [2.45, 2.75) is 26.8 Å². The van der Waals surface area contributed by atoms with Crippen molar-refractivity contribution in [3.05, 3.63) is 57.9 Å². The van der Waals surface area contributed by atoms with Crippen molar-refractivity contribution < 1.29 is 28.6 Å². The zero-order valence-corrected chi connectivity index (χ0v) is 19.2. The molecule has 8 nitrogen and oxygen atoms in total. The van der Waals surface area contributed by atoms with Gasteiger partial charge in [-0.1, -0.05) is 23.5 Å². The first-order chi connectivity index (χ1) is 15.4. The number of benzene rings is 2. The largest absolute Gasteiger partial charge is 0.496 e. The van der Waals surface area contributed by atoms with E-state index in [0.29, 0.717) is 20.6 Å². The molecule has 0 unspecified atom stereocenters. The van der Waals surface area contributed by atoms with E-state index < -0.39 is 11.9 Å². The molecule has 168 valence electrons. The highest BCUT2D eigenvalue weighted by atomic mass is 32.1. The van der Waals surface area contributed by atoms with E-state index >= 15 is 0 Å². The van der Waals surface area contributed by atoms with Gasteiger partial charge in [-0.25, -0.2) is 4.79 Å². The van der Waals surface area contributed by atoms with Crippen LogP contribution in [0.4, 0.5) is 0 Å². The molecule has 0 radical (unpaired) electrons. The highest BCUT2D eigenvalue weighted by molar-refractivity contribution is 7.16. The molecule has 2 aromatic carbocycles. The minimum Gasteiger partial charge on any atom is -0.496 e. The fraction of sp³-hybridized carbons (Fsp3) is 0.304. The highest BCUT2D eigenvalue weighted by Crippen LogP contribution is 2.21. The monoisotopic (exact) mass is 456 g/mol. The van der Waals surface area contributed by atoms with Crippen LogP contribution in [0.1, 0.15) is 28.4 Å². The van der Waals surface area contributed by atoms with Crippen LogP contribution in [0, 0.1) is 6.92 Å². The van der Waals surface area contributed by atoms with Crippen LogP contribution in [0.25, 0.3) is 10.2 Å². The molecule has 1 heterocycles. The topological polar surface area (TPSA) is 96.2 Å². The number of hydrogen-bond donors (Lipinski definition) is 0. The molecule has 0 aliphatic heterocycles. The number of nitrogens with zero attached hydrogens (tertiary/aromatic N) is 2. The molecule has 0 saturated heterocycles. The van der Waals surface area contributed by atoms with Crippen molar-refractivity contribution >= 4 is 39.4 Å². The van der Waals surface area contributed by atoms with Crippen LogP contribution in [-0.2, 0) is 32.0 Å². The lowest BCUT2D eigenvalue weighted by atomic mass is 10.1. The Morgan fingerprint density at radius 2 is 1.88 bits per heavy atom. The third-order valence-electron chi connectivity index (χ3n) is 4.74. The van der Waals surface area contributed by atoms with Crippen molar-refractivity contribution in [2.75, 3.05) is 20.8 Å². The fourth-order valence-corrected chi connectivity index (χ4v) is 4.30. The lowest BCUT2D eigenvalue weighted by molar-refractivity contribution is -0.141. The molecule has 0 bridgehead atoms. The number of aromatic nitrogens is 1. The van der Waals surface area contributed by atoms with Crippen LogP contribution in [0.5, 0.6) is 5.75 Å². The molecule has 1 amide bonds. The van der Waals surface area contributed by atoms with Crippen LogP contribution in [0.2, 0.25) is 0 Å². The lowest BCUT2D eigenvalue weighted by Gasteiger charge is -2.06. The lowest BCUT2D eigenvalue weighted by Crippen LogP contribution is -2.22. The number of carbonyl (C=O) groups excluding carboxylic acids is 3. The second kappa shape index (κ2) is 10.2. The van der Waals surface area contributed by atoms with Gasteiger partial charge in [0.15, 0.2) is 4.80 Å². The molecular weight excluding hydrogens is 432 g/mol. The summed E-state index contributed by atoms with van der Waals surface area (Å²) in [6.07, 6.45) is 0.103. The van der Waals surface area contributed by atoms with Gasteiger partial charge >= 0.3 is 11.9 Å². The van der Waals surface area contributed by atoms with Crippen molar-refractivity contribution in [1.29, 1.82) is 0 Å². The summed E-state index contributed by atoms with van der Waals surface area (Å²) in [5.41, 5.74) is 2.78. The Kier molecular flexibility index (Phi) is 7.42. The van der Waals surface area contributed by atoms with E-state index in [1.165, 1.54) is 18.4 Å². The molecule has 0 fully saturated rings. The molecule has 32 heavy (non-hydrogen) atoms. The maximum absolute atomic E-state index is 12.7. The van der Waals surface area contributed by atoms with E-state index in [0.717, 1.165) is 16.9 Å². The summed E-state index contributed by atoms with van der Waals surface area (Å²) in [5.74, 6) is -0.521. The van der Waals surface area contributed by atoms with Crippen LogP contribution in [-0.4, -0.2) is 43.2 Å². The number of rotatable bonds is 7. The standard InChI is InChI=1S/C23H24N2O6S/c1-5-31-22(28)16-7-8-17-19(12-16)32-23(25(17)13-21(27)30-4)24-20(26)11-15-6-9-18(29-3)14(2)10-15/h6-10,12H,5,11,13H2,1-4H3. The van der Waals surface area contributed by atoms with Crippen molar-refractivity contribution in [3.63, 3.8) is 0 Å². The molecular formula is C23H24N2O6S. The zero-order valence-electron chi connectivity index (χ0n) is 18.3. The number of fused-ring (bicyclic) bond motifs is 1. The Labute approximate surface area is 189 Å². The minimum atomic E-state index is -0.473. The van der Waals surface area contributed by atoms with Gasteiger partial charge in [-0.15, -0.1) is 0 Å². The average Bonchev–Trinajstić information content (AvgIpc) is 3.09. The quantitative estimate of drug-likeness (QED) is 0.507. The summed E-state index contributed by atoms with van der Waals surface area (Å²) < 4.78 is 17.4. The average molecular weight is 457 g/mol. The highest BCUT2D eigenvalue weighted by Gasteiger charge is 2.15. The van der Waals surface area contributed by atoms with Gasteiger partial charge in [-0.2, -0.15) is 4.99 Å². The summed E-state index contributed by atoms with van der Waals surface area (Å²) in [6, 6.07) is 10.5. The second-order valence-electron chi connectivity index (χ2n) is 6.94. The van der Waals surface area contributed by atoms with Crippen molar-refractivity contribution in [2.24, 2.45) is 4.99 Å². The number of esters is 2. The predicted octanol–water partition coefficient (Wildman–Crippen LogP) is 3.04. The molecule has 3 rings (SSSR count). The third-order valence-corrected chi connectivity index (χ3v) is 5.78. The van der Waals surface area contributed by atoms with E-state index in [-0.39, 0.29) is 25.5 Å². The number of ether oxygens (including phenoxy) is 3. The van der Waals surface area contributed by atoms with Gasteiger partial charge in [0.1, 0.15) is 12.3 Å². The minimum absolute atomic E-state index is 0.103. The number of amides is 1. The van der Waals surface area contributed by atoms with Gasteiger partial charge in [-0.3, -0.25) is 9.59 Å². The van der Waals surface area contributed by atoms with Gasteiger partial charge in [0.05, 0.1) is 43.0 Å². The summed E-state index contributed by atoms with van der Waals surface area (Å²) in [6.45, 7) is 3.80. The molecule has 0 N–H and O–H groups in total. The van der Waals surface area contributed by atoms with E-state index in [2.05, 4.69) is 4.99 Å². The second-order valence-corrected chi connectivity index (χ2v) is 7.95. The number of methoxy groups -OCH3 is 2. The van der Waals surface area contributed by atoms with Gasteiger partial charge in [0.25, 0.3) is 5.91 Å². The first kappa shape index (κ1) is 23.2. The van der Waals surface area contributed by atoms with Gasteiger partial charge in [0, 0.05) is 0 Å². The first-order valence-electron chi connectivity index (χ1n) is 9.94. The van der Waals surface area contributed by atoms with Crippen LogP contribution >= 0.6 is 11.3 Å². The Balaban J connectivity index is 2.00. The molecule has 3 aromatic rings. The summed E-state index contributed by atoms with van der Waals surface area (Å²) in [4.78, 5) is 41.3. The zero-order chi connectivity index (χ0) is 23.3. The summed E-state index contributed by atoms with van der Waals surface area (Å²) >= 11 is 1.21. The maximum atomic E-state index is 12.7. The molecule has 0 saturated carbocycles. The number of carbonyl (C=O) groups is 3. The van der Waals surface area contributed by atoms with E-state index in [1.807, 2.05) is 25.1 Å². The van der Waals surface area contributed by atoms with E-state index in [4.69, 9.17) is 14.2 Å².